The molecule has 0 aromatic heterocycles. The maximum absolute atomic E-state index is 9.04. The van der Waals surface area contributed by atoms with Crippen molar-refractivity contribution in [1.82, 2.24) is 4.90 Å². The topological polar surface area (TPSA) is 45.1 Å². The van der Waals surface area contributed by atoms with Crippen LogP contribution in [0.2, 0.25) is 0 Å². The zero-order valence-electron chi connectivity index (χ0n) is 12.2. The maximum Gasteiger partial charge on any atom is 0.128 e. The molecule has 1 aromatic rings. The second kappa shape index (κ2) is 7.90. The first kappa shape index (κ1) is 14.9. The van der Waals surface area contributed by atoms with Crippen LogP contribution in [0.3, 0.4) is 0 Å². The van der Waals surface area contributed by atoms with Crippen LogP contribution in [0.5, 0.6) is 5.75 Å². The van der Waals surface area contributed by atoms with E-state index in [2.05, 4.69) is 10.1 Å². The predicted octanol–water partition coefficient (Wildman–Crippen LogP) is 3.14. The van der Waals surface area contributed by atoms with Gasteiger partial charge in [-0.15, -0.1) is 0 Å². The van der Waals surface area contributed by atoms with E-state index in [1.165, 1.54) is 25.9 Å². The number of nitrogens with zero attached hydrogens (tertiary/aromatic N) is 2. The Morgan fingerprint density at radius 2 is 2.05 bits per heavy atom. The lowest BCUT2D eigenvalue weighted by molar-refractivity contribution is 0.262. The highest BCUT2D eigenvalue weighted by molar-refractivity contribution is 6.02. The van der Waals surface area contributed by atoms with Gasteiger partial charge in [-0.25, -0.2) is 0 Å². The fourth-order valence-electron chi connectivity index (χ4n) is 2.62. The van der Waals surface area contributed by atoms with Crippen molar-refractivity contribution in [2.75, 3.05) is 26.2 Å². The lowest BCUT2D eigenvalue weighted by atomic mass is 10.1. The Morgan fingerprint density at radius 1 is 1.30 bits per heavy atom. The third-order valence-corrected chi connectivity index (χ3v) is 3.73. The van der Waals surface area contributed by atoms with Crippen molar-refractivity contribution < 1.29 is 9.94 Å². The average molecular weight is 276 g/mol. The summed E-state index contributed by atoms with van der Waals surface area (Å²) in [7, 11) is 0. The van der Waals surface area contributed by atoms with Gasteiger partial charge in [0.2, 0.25) is 0 Å². The Kier molecular flexibility index (Phi) is 5.87. The van der Waals surface area contributed by atoms with E-state index in [4.69, 9.17) is 9.94 Å². The molecule has 0 saturated carbocycles. The number of hydrogen-bond acceptors (Lipinski definition) is 4. The molecule has 110 valence electrons. The SMILES string of the molecule is CCC(=NO)c1ccccc1OCCCN1CCCC1. The van der Waals surface area contributed by atoms with E-state index in [1.54, 1.807) is 0 Å². The van der Waals surface area contributed by atoms with Gasteiger partial charge in [0.1, 0.15) is 5.75 Å². The number of ether oxygens (including phenoxy) is 1. The second-order valence-electron chi connectivity index (χ2n) is 5.15. The van der Waals surface area contributed by atoms with Crippen LogP contribution in [0.1, 0.15) is 38.2 Å². The lowest BCUT2D eigenvalue weighted by Gasteiger charge is -2.15. The van der Waals surface area contributed by atoms with Crippen molar-refractivity contribution in [2.24, 2.45) is 5.16 Å². The average Bonchev–Trinajstić information content (AvgIpc) is 2.99. The smallest absolute Gasteiger partial charge is 0.128 e. The van der Waals surface area contributed by atoms with Crippen LogP contribution in [0.25, 0.3) is 0 Å². The molecule has 4 nitrogen and oxygen atoms in total. The normalized spacial score (nSPS) is 16.6. The molecule has 1 fully saturated rings. The number of para-hydroxylation sites is 1. The van der Waals surface area contributed by atoms with E-state index in [1.807, 2.05) is 31.2 Å². The largest absolute Gasteiger partial charge is 0.493 e. The highest BCUT2D eigenvalue weighted by Crippen LogP contribution is 2.20. The molecule has 1 aliphatic heterocycles. The minimum absolute atomic E-state index is 0.667. The first-order valence-corrected chi connectivity index (χ1v) is 7.50. The standard InChI is InChI=1S/C16H24N2O2/c1-2-15(17-19)14-8-3-4-9-16(14)20-13-7-12-18-10-5-6-11-18/h3-4,8-9,19H,2,5-7,10-13H2,1H3. The summed E-state index contributed by atoms with van der Waals surface area (Å²) in [5.41, 5.74) is 1.55. The highest BCUT2D eigenvalue weighted by atomic mass is 16.5. The fraction of sp³-hybridized carbons (Fsp3) is 0.562. The van der Waals surface area contributed by atoms with Crippen molar-refractivity contribution in [1.29, 1.82) is 0 Å². The first-order valence-electron chi connectivity index (χ1n) is 7.50. The molecule has 1 aromatic carbocycles. The molecule has 1 heterocycles. The summed E-state index contributed by atoms with van der Waals surface area (Å²) in [6.45, 7) is 6.24. The number of likely N-dealkylation sites (tertiary alicyclic amines) is 1. The number of rotatable bonds is 7. The van der Waals surface area contributed by atoms with E-state index in [-0.39, 0.29) is 0 Å². The van der Waals surface area contributed by atoms with Gasteiger partial charge in [0, 0.05) is 12.1 Å². The van der Waals surface area contributed by atoms with E-state index in [9.17, 15) is 0 Å². The molecule has 0 unspecified atom stereocenters. The quantitative estimate of drug-likeness (QED) is 0.360. The van der Waals surface area contributed by atoms with E-state index < -0.39 is 0 Å². The molecule has 1 N–H and O–H groups in total. The molecule has 1 aliphatic rings. The third-order valence-electron chi connectivity index (χ3n) is 3.73. The Bertz CT molecular complexity index is 440. The van der Waals surface area contributed by atoms with Crippen LogP contribution in [-0.4, -0.2) is 42.1 Å². The Hall–Kier alpha value is -1.55. The third kappa shape index (κ3) is 3.97. The summed E-state index contributed by atoms with van der Waals surface area (Å²) >= 11 is 0. The number of hydrogen-bond donors (Lipinski definition) is 1. The van der Waals surface area contributed by atoms with Crippen LogP contribution in [0.15, 0.2) is 29.4 Å². The fourth-order valence-corrected chi connectivity index (χ4v) is 2.62. The van der Waals surface area contributed by atoms with Crippen LogP contribution in [0.4, 0.5) is 0 Å². The summed E-state index contributed by atoms with van der Waals surface area (Å²) in [5.74, 6) is 0.809. The Labute approximate surface area is 121 Å². The summed E-state index contributed by atoms with van der Waals surface area (Å²) in [6, 6.07) is 7.76. The maximum atomic E-state index is 9.04. The van der Waals surface area contributed by atoms with E-state index in [0.29, 0.717) is 18.7 Å². The number of oxime groups is 1. The number of benzene rings is 1. The summed E-state index contributed by atoms with van der Waals surface area (Å²) in [4.78, 5) is 2.49. The molecule has 0 amide bonds. The van der Waals surface area contributed by atoms with E-state index in [0.717, 1.165) is 24.3 Å². The second-order valence-corrected chi connectivity index (χ2v) is 5.15. The first-order chi connectivity index (χ1) is 9.85. The van der Waals surface area contributed by atoms with Gasteiger partial charge < -0.3 is 14.8 Å². The van der Waals surface area contributed by atoms with Gasteiger partial charge in [-0.3, -0.25) is 0 Å². The molecule has 2 rings (SSSR count). The minimum Gasteiger partial charge on any atom is -0.493 e. The minimum atomic E-state index is 0.667. The van der Waals surface area contributed by atoms with E-state index >= 15 is 0 Å². The molecule has 0 atom stereocenters. The molecular weight excluding hydrogens is 252 g/mol. The van der Waals surface area contributed by atoms with Gasteiger partial charge in [0.05, 0.1) is 12.3 Å². The molecule has 20 heavy (non-hydrogen) atoms. The van der Waals surface area contributed by atoms with Gasteiger partial charge in [-0.05, 0) is 50.9 Å². The predicted molar refractivity (Wildman–Crippen MR) is 80.8 cm³/mol. The zero-order chi connectivity index (χ0) is 14.2. The van der Waals surface area contributed by atoms with Crippen LogP contribution >= 0.6 is 0 Å². The zero-order valence-corrected chi connectivity index (χ0v) is 12.2. The summed E-state index contributed by atoms with van der Waals surface area (Å²) in [5, 5.41) is 12.4. The van der Waals surface area contributed by atoms with Gasteiger partial charge in [-0.1, -0.05) is 24.2 Å². The van der Waals surface area contributed by atoms with Crippen LogP contribution in [-0.2, 0) is 0 Å². The molecule has 0 spiro atoms. The van der Waals surface area contributed by atoms with Gasteiger partial charge in [-0.2, -0.15) is 0 Å². The monoisotopic (exact) mass is 276 g/mol. The van der Waals surface area contributed by atoms with Crippen molar-refractivity contribution in [2.45, 2.75) is 32.6 Å². The molecule has 4 heteroatoms. The van der Waals surface area contributed by atoms with Crippen LogP contribution in [0, 0.1) is 0 Å². The molecule has 0 aliphatic carbocycles. The Morgan fingerprint density at radius 3 is 2.75 bits per heavy atom. The van der Waals surface area contributed by atoms with Gasteiger partial charge >= 0.3 is 0 Å². The van der Waals surface area contributed by atoms with Gasteiger partial charge in [0.25, 0.3) is 0 Å². The van der Waals surface area contributed by atoms with Gasteiger partial charge in [0.15, 0.2) is 0 Å². The lowest BCUT2D eigenvalue weighted by Crippen LogP contribution is -2.22. The molecular formula is C16H24N2O2. The molecule has 0 radical (unpaired) electrons. The highest BCUT2D eigenvalue weighted by Gasteiger charge is 2.11. The summed E-state index contributed by atoms with van der Waals surface area (Å²) < 4.78 is 5.86. The molecule has 1 saturated heterocycles. The summed E-state index contributed by atoms with van der Waals surface area (Å²) in [6.07, 6.45) is 4.38. The van der Waals surface area contributed by atoms with Crippen molar-refractivity contribution >= 4 is 5.71 Å². The van der Waals surface area contributed by atoms with Crippen molar-refractivity contribution in [3.63, 3.8) is 0 Å². The van der Waals surface area contributed by atoms with Crippen LogP contribution < -0.4 is 4.74 Å². The van der Waals surface area contributed by atoms with Crippen molar-refractivity contribution in [3.8, 4) is 5.75 Å². The molecule has 0 bridgehead atoms. The Balaban J connectivity index is 1.85. The van der Waals surface area contributed by atoms with Crippen molar-refractivity contribution in [3.05, 3.63) is 29.8 Å².